The Morgan fingerprint density at radius 2 is 1.90 bits per heavy atom. The van der Waals surface area contributed by atoms with Gasteiger partial charge in [0.15, 0.2) is 0 Å². The molecule has 0 spiro atoms. The number of esters is 1. The van der Waals surface area contributed by atoms with Gasteiger partial charge in [-0.15, -0.1) is 0 Å². The zero-order chi connectivity index (χ0) is 29.5. The lowest BCUT2D eigenvalue weighted by Gasteiger charge is -2.24. The lowest BCUT2D eigenvalue weighted by atomic mass is 9.99. The first-order valence-corrected chi connectivity index (χ1v) is 16.3. The van der Waals surface area contributed by atoms with E-state index >= 15 is 0 Å². The number of fused-ring (bicyclic) bond motifs is 1. The molecule has 220 valence electrons. The fourth-order valence-electron chi connectivity index (χ4n) is 4.11. The van der Waals surface area contributed by atoms with E-state index in [1.54, 1.807) is 27.0 Å². The zero-order valence-electron chi connectivity index (χ0n) is 24.9. The van der Waals surface area contributed by atoms with Gasteiger partial charge in [0.2, 0.25) is 0 Å². The average molecular weight is 574 g/mol. The van der Waals surface area contributed by atoms with Crippen LogP contribution in [0.4, 0.5) is 4.79 Å². The third-order valence-electron chi connectivity index (χ3n) is 6.01. The van der Waals surface area contributed by atoms with E-state index in [-0.39, 0.29) is 6.54 Å². The second-order valence-electron chi connectivity index (χ2n) is 11.7. The fourth-order valence-corrected chi connectivity index (χ4v) is 4.73. The molecule has 1 N–H and O–H groups in total. The summed E-state index contributed by atoms with van der Waals surface area (Å²) in [5.74, 6) is 1.37. The molecule has 0 fully saturated rings. The number of aromatic nitrogens is 2. The number of nitrogens with one attached hydrogen (secondary N) is 1. The number of rotatable bonds is 12. The van der Waals surface area contributed by atoms with E-state index in [1.165, 1.54) is 7.11 Å². The van der Waals surface area contributed by atoms with E-state index in [9.17, 15) is 9.59 Å². The number of benzene rings is 1. The van der Waals surface area contributed by atoms with E-state index in [0.29, 0.717) is 31.3 Å². The van der Waals surface area contributed by atoms with E-state index < -0.39 is 33.6 Å². The first kappa shape index (κ1) is 31.3. The Kier molecular flexibility index (Phi) is 10.5. The summed E-state index contributed by atoms with van der Waals surface area (Å²) in [6, 6.07) is 9.39. The maximum absolute atomic E-state index is 12.5. The van der Waals surface area contributed by atoms with Gasteiger partial charge in [-0.1, -0.05) is 12.1 Å². The molecule has 1 atom stereocenters. The van der Waals surface area contributed by atoms with Crippen LogP contribution in [0.1, 0.15) is 31.9 Å². The van der Waals surface area contributed by atoms with E-state index in [0.717, 1.165) is 27.9 Å². The Morgan fingerprint density at radius 3 is 2.58 bits per heavy atom. The van der Waals surface area contributed by atoms with Gasteiger partial charge in [0, 0.05) is 24.7 Å². The minimum Gasteiger partial charge on any atom is -0.469 e. The van der Waals surface area contributed by atoms with Crippen molar-refractivity contribution >= 4 is 33.1 Å². The van der Waals surface area contributed by atoms with Crippen LogP contribution in [0.5, 0.6) is 11.5 Å². The molecule has 0 aliphatic carbocycles. The number of carbonyl (C=O) groups excluding carboxylic acids is 2. The average Bonchev–Trinajstić information content (AvgIpc) is 3.18. The second kappa shape index (κ2) is 13.4. The summed E-state index contributed by atoms with van der Waals surface area (Å²) < 4.78 is 24.5. The molecule has 9 nitrogen and oxygen atoms in total. The Morgan fingerprint density at radius 1 is 1.15 bits per heavy atom. The van der Waals surface area contributed by atoms with E-state index in [1.807, 2.05) is 48.0 Å². The largest absolute Gasteiger partial charge is 0.469 e. The SMILES string of the molecule is COC(=O)C(CNC(=O)OC(C)(C)C)Cc1cccc(Oc2ccnc3c2c(C)cn3COCCS(C)(C)C)c1. The van der Waals surface area contributed by atoms with Crippen molar-refractivity contribution in [3.8, 4) is 11.5 Å². The van der Waals surface area contributed by atoms with Crippen molar-refractivity contribution in [2.24, 2.45) is 5.92 Å². The Hall–Kier alpha value is -3.24. The van der Waals surface area contributed by atoms with Gasteiger partial charge in [-0.3, -0.25) is 4.79 Å². The van der Waals surface area contributed by atoms with E-state index in [2.05, 4.69) is 29.1 Å². The molecule has 0 saturated carbocycles. The minimum atomic E-state index is -0.631. The van der Waals surface area contributed by atoms with Crippen LogP contribution in [-0.4, -0.2) is 72.0 Å². The molecule has 1 amide bonds. The molecule has 1 unspecified atom stereocenters. The molecule has 0 aliphatic rings. The van der Waals surface area contributed by atoms with Crippen LogP contribution in [-0.2, 0) is 32.2 Å². The van der Waals surface area contributed by atoms with Gasteiger partial charge in [0.05, 0.1) is 25.0 Å². The highest BCUT2D eigenvalue weighted by Gasteiger charge is 2.23. The quantitative estimate of drug-likeness (QED) is 0.220. The molecule has 0 aliphatic heterocycles. The molecule has 40 heavy (non-hydrogen) atoms. The summed E-state index contributed by atoms with van der Waals surface area (Å²) in [5.41, 5.74) is 2.08. The van der Waals surface area contributed by atoms with Crippen molar-refractivity contribution in [3.05, 3.63) is 53.9 Å². The summed E-state index contributed by atoms with van der Waals surface area (Å²) in [5, 5.41) is 3.59. The fraction of sp³-hybridized carbons (Fsp3) is 0.500. The maximum Gasteiger partial charge on any atom is 0.407 e. The number of carbonyl (C=O) groups is 2. The lowest BCUT2D eigenvalue weighted by molar-refractivity contribution is -0.145. The smallest absolute Gasteiger partial charge is 0.407 e. The van der Waals surface area contributed by atoms with Gasteiger partial charge >= 0.3 is 12.1 Å². The first-order chi connectivity index (χ1) is 18.8. The predicted molar refractivity (Wildman–Crippen MR) is 161 cm³/mol. The lowest BCUT2D eigenvalue weighted by Crippen LogP contribution is -2.38. The standard InChI is InChI=1S/C30H43N3O6S/c1-21-19-33(20-37-14-15-40(6,7)8)27-26(21)25(12-13-31-27)38-24-11-9-10-22(17-24)16-23(28(34)36-5)18-32-29(35)39-30(2,3)4/h9-13,17,19,23H,14-16,18,20H2,1-8H3,(H,32,35). The summed E-state index contributed by atoms with van der Waals surface area (Å²) in [6.07, 6.45) is 10.4. The Balaban J connectivity index is 1.72. The summed E-state index contributed by atoms with van der Waals surface area (Å²) in [6.45, 7) is 8.60. The number of hydrogen-bond donors (Lipinski definition) is 1. The molecule has 3 aromatic rings. The highest BCUT2D eigenvalue weighted by Crippen LogP contribution is 2.34. The zero-order valence-corrected chi connectivity index (χ0v) is 25.7. The molecule has 1 aromatic carbocycles. The summed E-state index contributed by atoms with van der Waals surface area (Å²) in [7, 11) is 0.727. The van der Waals surface area contributed by atoms with Gasteiger partial charge < -0.3 is 28.8 Å². The molecular formula is C30H43N3O6S. The Bertz CT molecular complexity index is 1310. The maximum atomic E-state index is 12.5. The predicted octanol–water partition coefficient (Wildman–Crippen LogP) is 5.66. The molecule has 10 heteroatoms. The summed E-state index contributed by atoms with van der Waals surface area (Å²) >= 11 is 0. The van der Waals surface area contributed by atoms with Crippen LogP contribution in [0.2, 0.25) is 0 Å². The number of amides is 1. The van der Waals surface area contributed by atoms with Crippen LogP contribution in [0, 0.1) is 12.8 Å². The summed E-state index contributed by atoms with van der Waals surface area (Å²) in [4.78, 5) is 29.2. The number of ether oxygens (including phenoxy) is 4. The van der Waals surface area contributed by atoms with Gasteiger partial charge in [-0.25, -0.2) is 19.8 Å². The molecule has 3 rings (SSSR count). The van der Waals surface area contributed by atoms with Crippen molar-refractivity contribution in [1.29, 1.82) is 0 Å². The number of alkyl carbamates (subject to hydrolysis) is 1. The number of aryl methyl sites for hydroxylation is 1. The van der Waals surface area contributed by atoms with E-state index in [4.69, 9.17) is 18.9 Å². The monoisotopic (exact) mass is 573 g/mol. The number of nitrogens with zero attached hydrogens (tertiary/aromatic N) is 2. The van der Waals surface area contributed by atoms with Crippen molar-refractivity contribution < 1.29 is 28.5 Å². The molecule has 2 aromatic heterocycles. The number of pyridine rings is 1. The van der Waals surface area contributed by atoms with Gasteiger partial charge in [-0.05, 0) is 82.2 Å². The van der Waals surface area contributed by atoms with Crippen molar-refractivity contribution in [3.63, 3.8) is 0 Å². The number of hydrogen-bond acceptors (Lipinski definition) is 7. The normalized spacial score (nSPS) is 13.1. The van der Waals surface area contributed by atoms with Gasteiger partial charge in [-0.2, -0.15) is 0 Å². The van der Waals surface area contributed by atoms with Crippen LogP contribution >= 0.6 is 10.0 Å². The molecule has 0 saturated heterocycles. The van der Waals surface area contributed by atoms with Gasteiger partial charge in [0.25, 0.3) is 0 Å². The Labute approximate surface area is 238 Å². The van der Waals surface area contributed by atoms with Crippen molar-refractivity contribution in [2.45, 2.75) is 46.4 Å². The van der Waals surface area contributed by atoms with Gasteiger partial charge in [0.1, 0.15) is 29.5 Å². The molecular weight excluding hydrogens is 530 g/mol. The highest BCUT2D eigenvalue weighted by molar-refractivity contribution is 8.32. The first-order valence-electron chi connectivity index (χ1n) is 13.3. The van der Waals surface area contributed by atoms with Crippen LogP contribution in [0.25, 0.3) is 11.0 Å². The van der Waals surface area contributed by atoms with Crippen molar-refractivity contribution in [2.75, 3.05) is 44.8 Å². The molecule has 0 radical (unpaired) electrons. The third kappa shape index (κ3) is 9.45. The topological polar surface area (TPSA) is 101 Å². The van der Waals surface area contributed by atoms with Crippen LogP contribution in [0.15, 0.2) is 42.7 Å². The number of methoxy groups -OCH3 is 1. The van der Waals surface area contributed by atoms with Crippen LogP contribution < -0.4 is 10.1 Å². The molecule has 2 heterocycles. The van der Waals surface area contributed by atoms with Crippen LogP contribution in [0.3, 0.4) is 0 Å². The minimum absolute atomic E-state index is 0.0868. The molecule has 0 bridgehead atoms. The third-order valence-corrected chi connectivity index (χ3v) is 7.40. The highest BCUT2D eigenvalue weighted by atomic mass is 32.3. The second-order valence-corrected chi connectivity index (χ2v) is 16.3. The van der Waals surface area contributed by atoms with Crippen molar-refractivity contribution in [1.82, 2.24) is 14.9 Å².